The van der Waals surface area contributed by atoms with E-state index in [1.165, 1.54) is 18.2 Å². The van der Waals surface area contributed by atoms with Crippen LogP contribution in [-0.4, -0.2) is 11.1 Å². The van der Waals surface area contributed by atoms with E-state index in [-0.39, 0.29) is 130 Å². The Kier molecular flexibility index (Phi) is 29.7. The number of para-hydroxylation sites is 1. The van der Waals surface area contributed by atoms with Crippen molar-refractivity contribution in [1.29, 1.82) is 0 Å². The summed E-state index contributed by atoms with van der Waals surface area (Å²) in [7, 11) is -5.39. The maximum Gasteiger partial charge on any atom is 1.00 e. The second-order valence-electron chi connectivity index (χ2n) is 2.25. The van der Waals surface area contributed by atoms with Crippen LogP contribution in [0.5, 0.6) is 5.75 Å². The number of phosphoric acid groups is 1. The summed E-state index contributed by atoms with van der Waals surface area (Å²) in [5, 5.41) is 19.0. The van der Waals surface area contributed by atoms with Crippen LogP contribution in [0.3, 0.4) is 0 Å². The van der Waals surface area contributed by atoms with Crippen molar-refractivity contribution in [2.45, 2.75) is 0 Å². The molecule has 0 bridgehead atoms. The Balaban J connectivity index is -0.0000000652. The zero-order valence-electron chi connectivity index (χ0n) is 11.2. The Morgan fingerprint density at radius 2 is 1.32 bits per heavy atom. The summed E-state index contributed by atoms with van der Waals surface area (Å²) in [6.07, 6.45) is 0. The standard InChI is InChI=1S/C7H6O3.4Na.H3O4P/c8-6-4-2-1-3-5(6)7(9)10;;;;;1-5(2,3)4/h1-4,8H,(H,9,10);;;;;(H3,1,2,3,4)/q;4*+1;/p-4. The fourth-order valence-corrected chi connectivity index (χ4v) is 0.646. The number of carboxylic acids is 1. The summed E-state index contributed by atoms with van der Waals surface area (Å²) in [6, 6.07) is 5.64. The van der Waals surface area contributed by atoms with Crippen molar-refractivity contribution in [3.63, 3.8) is 0 Å². The largest absolute Gasteiger partial charge is 1.00 e. The van der Waals surface area contributed by atoms with Crippen molar-refractivity contribution in [2.24, 2.45) is 0 Å². The zero-order valence-corrected chi connectivity index (χ0v) is 20.0. The fourth-order valence-electron chi connectivity index (χ4n) is 0.646. The van der Waals surface area contributed by atoms with Crippen molar-refractivity contribution in [1.82, 2.24) is 0 Å². The Morgan fingerprint density at radius 3 is 1.53 bits per heavy atom. The number of hydrogen-bond donors (Lipinski definition) is 1. The molecule has 84 valence electrons. The van der Waals surface area contributed by atoms with E-state index >= 15 is 0 Å². The maximum atomic E-state index is 10.2. The first-order valence-electron chi connectivity index (χ1n) is 3.44. The van der Waals surface area contributed by atoms with Crippen LogP contribution in [-0.2, 0) is 4.57 Å². The first-order valence-corrected chi connectivity index (χ1v) is 4.90. The summed E-state index contributed by atoms with van der Waals surface area (Å²) < 4.78 is 8.55. The third-order valence-electron chi connectivity index (χ3n) is 1.12. The van der Waals surface area contributed by atoms with Crippen molar-refractivity contribution in [3.05, 3.63) is 29.8 Å². The van der Waals surface area contributed by atoms with Gasteiger partial charge in [-0.05, 0) is 12.1 Å². The molecule has 0 fully saturated rings. The zero-order chi connectivity index (χ0) is 12.1. The van der Waals surface area contributed by atoms with Crippen LogP contribution in [0, 0.1) is 0 Å². The number of carbonyl (C=O) groups is 1. The van der Waals surface area contributed by atoms with Gasteiger partial charge in [-0.2, -0.15) is 7.82 Å². The van der Waals surface area contributed by atoms with Crippen LogP contribution in [0.25, 0.3) is 0 Å². The van der Waals surface area contributed by atoms with E-state index in [2.05, 4.69) is 0 Å². The third-order valence-corrected chi connectivity index (χ3v) is 1.12. The van der Waals surface area contributed by atoms with E-state index in [4.69, 9.17) is 24.4 Å². The van der Waals surface area contributed by atoms with Crippen LogP contribution in [0.4, 0.5) is 0 Å². The molecular weight excluding hydrogens is 319 g/mol. The monoisotopic (exact) mass is 324 g/mol. The van der Waals surface area contributed by atoms with Gasteiger partial charge in [0.25, 0.3) is 0 Å². The van der Waals surface area contributed by atoms with E-state index in [1.54, 1.807) is 6.07 Å². The van der Waals surface area contributed by atoms with Gasteiger partial charge in [0.1, 0.15) is 5.75 Å². The minimum atomic E-state index is -5.39. The molecule has 0 aliphatic rings. The second-order valence-corrected chi connectivity index (χ2v) is 3.15. The average molecular weight is 324 g/mol. The first kappa shape index (κ1) is 33.3. The van der Waals surface area contributed by atoms with Gasteiger partial charge in [-0.3, -0.25) is 0 Å². The summed E-state index contributed by atoms with van der Waals surface area (Å²) in [6.45, 7) is 0. The summed E-state index contributed by atoms with van der Waals surface area (Å²) in [5.41, 5.74) is -0.178. The van der Waals surface area contributed by atoms with Gasteiger partial charge < -0.3 is 34.3 Å². The molecule has 0 aromatic heterocycles. The molecule has 12 heteroatoms. The minimum Gasteiger partial charge on any atom is -0.822 e. The molecular formula is C7H5Na4O7P. The van der Waals surface area contributed by atoms with Gasteiger partial charge in [-0.1, -0.05) is 12.1 Å². The molecule has 0 amide bonds. The average Bonchev–Trinajstić information content (AvgIpc) is 2.01. The Hall–Kier alpha value is 2.60. The topological polar surface area (TPSA) is 147 Å². The van der Waals surface area contributed by atoms with Gasteiger partial charge >= 0.3 is 118 Å². The van der Waals surface area contributed by atoms with Crippen molar-refractivity contribution >= 4 is 13.8 Å². The van der Waals surface area contributed by atoms with Gasteiger partial charge in [0, 0.05) is 5.56 Å². The molecule has 1 N–H and O–H groups in total. The maximum absolute atomic E-state index is 10.2. The summed E-state index contributed by atoms with van der Waals surface area (Å²) >= 11 is 0. The van der Waals surface area contributed by atoms with E-state index in [0.717, 1.165) is 0 Å². The number of carbonyl (C=O) groups excluding carboxylic acids is 1. The minimum absolute atomic E-state index is 0. The van der Waals surface area contributed by atoms with Gasteiger partial charge in [-0.15, -0.1) is 0 Å². The smallest absolute Gasteiger partial charge is 0.822 e. The van der Waals surface area contributed by atoms with Crippen molar-refractivity contribution in [3.8, 4) is 5.75 Å². The Bertz CT molecular complexity index is 389. The van der Waals surface area contributed by atoms with Crippen LogP contribution in [0.15, 0.2) is 24.3 Å². The molecule has 0 atom stereocenters. The molecule has 7 nitrogen and oxygen atoms in total. The molecule has 1 aromatic rings. The fraction of sp³-hybridized carbons (Fsp3) is 0. The molecule has 0 spiro atoms. The number of benzene rings is 1. The molecule has 0 aliphatic heterocycles. The van der Waals surface area contributed by atoms with Crippen LogP contribution in [0.1, 0.15) is 10.4 Å². The summed E-state index contributed by atoms with van der Waals surface area (Å²) in [5.74, 6) is -1.62. The SMILES string of the molecule is O=C([O-])c1ccccc1O.O=P([O-])([O-])[O-].[Na+].[Na+].[Na+].[Na+]. The number of aromatic hydroxyl groups is 1. The molecule has 0 heterocycles. The Labute approximate surface area is 198 Å². The van der Waals surface area contributed by atoms with E-state index in [1.807, 2.05) is 0 Å². The number of carboxylic acid groups (broad SMARTS) is 1. The molecule has 19 heavy (non-hydrogen) atoms. The number of rotatable bonds is 1. The molecule has 0 saturated heterocycles. The normalized spacial score (nSPS) is 7.95. The van der Waals surface area contributed by atoms with Crippen molar-refractivity contribution in [2.75, 3.05) is 0 Å². The van der Waals surface area contributed by atoms with E-state index < -0.39 is 13.8 Å². The van der Waals surface area contributed by atoms with Gasteiger partial charge in [-0.25, -0.2) is 0 Å². The second kappa shape index (κ2) is 17.0. The van der Waals surface area contributed by atoms with Gasteiger partial charge in [0.05, 0.1) is 5.97 Å². The van der Waals surface area contributed by atoms with E-state index in [0.29, 0.717) is 0 Å². The van der Waals surface area contributed by atoms with Crippen LogP contribution < -0.4 is 138 Å². The molecule has 0 saturated carbocycles. The molecule has 0 radical (unpaired) electrons. The number of hydrogen-bond acceptors (Lipinski definition) is 7. The molecule has 0 aliphatic carbocycles. The van der Waals surface area contributed by atoms with Crippen LogP contribution in [0.2, 0.25) is 0 Å². The van der Waals surface area contributed by atoms with Gasteiger partial charge in [0.2, 0.25) is 0 Å². The predicted octanol–water partition coefficient (Wildman–Crippen LogP) is -15.1. The number of phenols is 1. The quantitative estimate of drug-likeness (QED) is 0.398. The molecule has 1 rings (SSSR count). The summed E-state index contributed by atoms with van der Waals surface area (Å²) in [4.78, 5) is 35.8. The first-order chi connectivity index (χ1) is 6.72. The van der Waals surface area contributed by atoms with E-state index in [9.17, 15) is 9.90 Å². The van der Waals surface area contributed by atoms with Gasteiger partial charge in [0.15, 0.2) is 0 Å². The third kappa shape index (κ3) is 23.0. The molecule has 1 aromatic carbocycles. The predicted molar refractivity (Wildman–Crippen MR) is 40.0 cm³/mol. The molecule has 0 unspecified atom stereocenters. The number of aromatic carboxylic acids is 1. The Morgan fingerprint density at radius 1 is 1.00 bits per heavy atom. The van der Waals surface area contributed by atoms with Crippen LogP contribution >= 0.6 is 7.82 Å². The van der Waals surface area contributed by atoms with Crippen molar-refractivity contribution < 1.29 is 152 Å².